The number of nitrogens with one attached hydrogen (secondary N) is 2. The molecule has 0 saturated heterocycles. The van der Waals surface area contributed by atoms with Crippen LogP contribution in [0.2, 0.25) is 0 Å². The number of rotatable bonds is 7. The summed E-state index contributed by atoms with van der Waals surface area (Å²) in [5.41, 5.74) is 0. The lowest BCUT2D eigenvalue weighted by molar-refractivity contribution is 0.400. The van der Waals surface area contributed by atoms with E-state index in [0.717, 1.165) is 6.54 Å². The van der Waals surface area contributed by atoms with Crippen LogP contribution in [0.25, 0.3) is 0 Å². The van der Waals surface area contributed by atoms with Crippen molar-refractivity contribution in [2.75, 3.05) is 6.54 Å². The van der Waals surface area contributed by atoms with Crippen molar-refractivity contribution in [1.82, 2.24) is 10.0 Å². The Morgan fingerprint density at radius 1 is 1.44 bits per heavy atom. The molecule has 1 aromatic rings. The van der Waals surface area contributed by atoms with Crippen molar-refractivity contribution in [3.05, 3.63) is 17.9 Å². The maximum Gasteiger partial charge on any atom is 0.275 e. The second-order valence-corrected chi connectivity index (χ2v) is 5.39. The molecular weight excluding hydrogens is 252 g/mol. The molecule has 1 heterocycles. The topological polar surface area (TPSA) is 71.3 Å². The van der Waals surface area contributed by atoms with Gasteiger partial charge in [0, 0.05) is 0 Å². The van der Waals surface area contributed by atoms with Gasteiger partial charge in [-0.1, -0.05) is 19.8 Å². The molecule has 0 spiro atoms. The van der Waals surface area contributed by atoms with Gasteiger partial charge in [0.05, 0.1) is 12.6 Å². The third-order valence-corrected chi connectivity index (χ3v) is 3.70. The van der Waals surface area contributed by atoms with Crippen molar-refractivity contribution in [3.63, 3.8) is 0 Å². The van der Waals surface area contributed by atoms with E-state index in [1.54, 1.807) is 6.07 Å². The number of hydrogen-bond donors (Lipinski definition) is 2. The van der Waals surface area contributed by atoms with Gasteiger partial charge in [-0.15, -0.1) is 6.42 Å². The Morgan fingerprint density at radius 3 is 2.72 bits per heavy atom. The summed E-state index contributed by atoms with van der Waals surface area (Å²) in [4.78, 5) is 0. The standard InChI is InChI=1S/C12H18N2O3S/c1-4-10(5-2)14-18(15,16)12-8-7-11(17-12)9-13-6-3/h1,7-8,10,13-14H,5-6,9H2,2-3H3. The second kappa shape index (κ2) is 6.59. The molecule has 100 valence electrons. The van der Waals surface area contributed by atoms with Gasteiger partial charge in [0.15, 0.2) is 0 Å². The van der Waals surface area contributed by atoms with Crippen LogP contribution in [0.1, 0.15) is 26.0 Å². The van der Waals surface area contributed by atoms with Crippen LogP contribution in [0.5, 0.6) is 0 Å². The lowest BCUT2D eigenvalue weighted by Crippen LogP contribution is -2.32. The Bertz CT molecular complexity index is 514. The van der Waals surface area contributed by atoms with Crippen LogP contribution in [-0.4, -0.2) is 21.0 Å². The minimum atomic E-state index is -3.67. The monoisotopic (exact) mass is 270 g/mol. The van der Waals surface area contributed by atoms with Crippen LogP contribution in [0, 0.1) is 12.3 Å². The molecule has 0 aliphatic heterocycles. The summed E-state index contributed by atoms with van der Waals surface area (Å²) >= 11 is 0. The average Bonchev–Trinajstić information content (AvgIpc) is 2.83. The SMILES string of the molecule is C#CC(CC)NS(=O)(=O)c1ccc(CNCC)o1. The Kier molecular flexibility index (Phi) is 5.41. The van der Waals surface area contributed by atoms with E-state index in [2.05, 4.69) is 16.0 Å². The quantitative estimate of drug-likeness (QED) is 0.727. The van der Waals surface area contributed by atoms with Gasteiger partial charge >= 0.3 is 0 Å². The molecule has 1 rings (SSSR count). The summed E-state index contributed by atoms with van der Waals surface area (Å²) in [6.07, 6.45) is 5.75. The maximum atomic E-state index is 11.9. The summed E-state index contributed by atoms with van der Waals surface area (Å²) < 4.78 is 31.5. The van der Waals surface area contributed by atoms with Crippen LogP contribution >= 0.6 is 0 Å². The predicted octanol–water partition coefficient (Wildman–Crippen LogP) is 1.08. The largest absolute Gasteiger partial charge is 0.447 e. The molecule has 2 N–H and O–H groups in total. The fourth-order valence-electron chi connectivity index (χ4n) is 1.33. The summed E-state index contributed by atoms with van der Waals surface area (Å²) in [6.45, 7) is 5.06. The molecule has 0 amide bonds. The third kappa shape index (κ3) is 3.88. The van der Waals surface area contributed by atoms with Gasteiger partial charge in [-0.05, 0) is 25.1 Å². The molecular formula is C12H18N2O3S. The molecule has 0 fully saturated rings. The highest BCUT2D eigenvalue weighted by atomic mass is 32.2. The van der Waals surface area contributed by atoms with Gasteiger partial charge in [0.1, 0.15) is 5.76 Å². The summed E-state index contributed by atoms with van der Waals surface area (Å²) in [5.74, 6) is 2.95. The molecule has 1 aromatic heterocycles. The Balaban J connectivity index is 2.79. The zero-order valence-electron chi connectivity index (χ0n) is 10.6. The fourth-order valence-corrected chi connectivity index (χ4v) is 2.52. The van der Waals surface area contributed by atoms with Gasteiger partial charge in [-0.25, -0.2) is 8.42 Å². The van der Waals surface area contributed by atoms with Crippen LogP contribution in [-0.2, 0) is 16.6 Å². The Labute approximate surface area is 108 Å². The molecule has 0 aliphatic carbocycles. The van der Waals surface area contributed by atoms with E-state index >= 15 is 0 Å². The predicted molar refractivity (Wildman–Crippen MR) is 69.3 cm³/mol. The molecule has 0 aromatic carbocycles. The number of hydrogen-bond acceptors (Lipinski definition) is 4. The highest BCUT2D eigenvalue weighted by molar-refractivity contribution is 7.89. The van der Waals surface area contributed by atoms with Gasteiger partial charge in [-0.3, -0.25) is 0 Å². The van der Waals surface area contributed by atoms with Crippen molar-refractivity contribution in [2.45, 2.75) is 37.9 Å². The van der Waals surface area contributed by atoms with Crippen LogP contribution in [0.15, 0.2) is 21.6 Å². The lowest BCUT2D eigenvalue weighted by atomic mass is 10.3. The van der Waals surface area contributed by atoms with Crippen molar-refractivity contribution in [2.24, 2.45) is 0 Å². The molecule has 6 heteroatoms. The summed E-state index contributed by atoms with van der Waals surface area (Å²) in [6, 6.07) is 2.55. The molecule has 0 bridgehead atoms. The van der Waals surface area contributed by atoms with E-state index in [1.165, 1.54) is 6.07 Å². The Morgan fingerprint density at radius 2 is 2.17 bits per heavy atom. The first-order chi connectivity index (χ1) is 8.53. The lowest BCUT2D eigenvalue weighted by Gasteiger charge is -2.09. The van der Waals surface area contributed by atoms with Crippen molar-refractivity contribution >= 4 is 10.0 Å². The third-order valence-electron chi connectivity index (χ3n) is 2.36. The van der Waals surface area contributed by atoms with Crippen molar-refractivity contribution in [3.8, 4) is 12.3 Å². The van der Waals surface area contributed by atoms with E-state index < -0.39 is 16.1 Å². The highest BCUT2D eigenvalue weighted by Gasteiger charge is 2.21. The first-order valence-electron chi connectivity index (χ1n) is 5.81. The van der Waals surface area contributed by atoms with Gasteiger partial charge < -0.3 is 9.73 Å². The zero-order valence-corrected chi connectivity index (χ0v) is 11.4. The smallest absolute Gasteiger partial charge is 0.275 e. The van der Waals surface area contributed by atoms with E-state index in [-0.39, 0.29) is 5.09 Å². The number of furan rings is 1. The van der Waals surface area contributed by atoms with Gasteiger partial charge in [-0.2, -0.15) is 4.72 Å². The summed E-state index contributed by atoms with van der Waals surface area (Å²) in [5, 5.41) is 2.94. The molecule has 0 radical (unpaired) electrons. The number of sulfonamides is 1. The first-order valence-corrected chi connectivity index (χ1v) is 7.29. The maximum absolute atomic E-state index is 11.9. The van der Waals surface area contributed by atoms with Crippen LogP contribution < -0.4 is 10.0 Å². The zero-order chi connectivity index (χ0) is 13.6. The molecule has 1 unspecified atom stereocenters. The van der Waals surface area contributed by atoms with E-state index in [0.29, 0.717) is 18.7 Å². The van der Waals surface area contributed by atoms with Crippen molar-refractivity contribution in [1.29, 1.82) is 0 Å². The van der Waals surface area contributed by atoms with Gasteiger partial charge in [0.2, 0.25) is 5.09 Å². The van der Waals surface area contributed by atoms with Crippen LogP contribution in [0.4, 0.5) is 0 Å². The van der Waals surface area contributed by atoms with E-state index in [9.17, 15) is 8.42 Å². The van der Waals surface area contributed by atoms with E-state index in [1.807, 2.05) is 13.8 Å². The molecule has 0 aliphatic rings. The second-order valence-electron chi connectivity index (χ2n) is 3.75. The minimum Gasteiger partial charge on any atom is -0.447 e. The van der Waals surface area contributed by atoms with Crippen molar-refractivity contribution < 1.29 is 12.8 Å². The highest BCUT2D eigenvalue weighted by Crippen LogP contribution is 2.14. The van der Waals surface area contributed by atoms with Crippen LogP contribution in [0.3, 0.4) is 0 Å². The molecule has 5 nitrogen and oxygen atoms in total. The summed E-state index contributed by atoms with van der Waals surface area (Å²) in [7, 11) is -3.67. The average molecular weight is 270 g/mol. The number of terminal acetylenes is 1. The molecule has 18 heavy (non-hydrogen) atoms. The fraction of sp³-hybridized carbons (Fsp3) is 0.500. The molecule has 1 atom stereocenters. The molecule has 0 saturated carbocycles. The first kappa shape index (κ1) is 14.8. The van der Waals surface area contributed by atoms with Gasteiger partial charge in [0.25, 0.3) is 10.0 Å². The normalized spacial score (nSPS) is 13.2. The minimum absolute atomic E-state index is 0.107. The Hall–Kier alpha value is -1.29. The van der Waals surface area contributed by atoms with E-state index in [4.69, 9.17) is 10.8 Å².